The summed E-state index contributed by atoms with van der Waals surface area (Å²) in [6, 6.07) is 28.8. The number of ether oxygens (including phenoxy) is 1. The molecule has 29 heavy (non-hydrogen) atoms. The van der Waals surface area contributed by atoms with E-state index >= 15 is 0 Å². The molecule has 1 nitrogen and oxygen atoms in total. The van der Waals surface area contributed by atoms with Crippen molar-refractivity contribution in [1.29, 1.82) is 0 Å². The van der Waals surface area contributed by atoms with Crippen molar-refractivity contribution in [3.8, 4) is 0 Å². The van der Waals surface area contributed by atoms with Crippen LogP contribution in [0.4, 0.5) is 0 Å². The first-order valence-corrected chi connectivity index (χ1v) is 13.0. The molecule has 3 aromatic rings. The first-order valence-electron chi connectivity index (χ1n) is 10.4. The van der Waals surface area contributed by atoms with Crippen LogP contribution in [0, 0.1) is 0 Å². The third-order valence-corrected chi connectivity index (χ3v) is 7.84. The molecule has 0 radical (unpaired) electrons. The van der Waals surface area contributed by atoms with E-state index in [1.54, 1.807) is 11.5 Å². The van der Waals surface area contributed by atoms with Gasteiger partial charge in [0.25, 0.3) is 0 Å². The van der Waals surface area contributed by atoms with Crippen LogP contribution in [0.25, 0.3) is 0 Å². The quantitative estimate of drug-likeness (QED) is 0.225. The molecular formula is C27H31AsO. The molecule has 0 amide bonds. The third kappa shape index (κ3) is 7.69. The summed E-state index contributed by atoms with van der Waals surface area (Å²) < 4.78 is 6.68. The van der Waals surface area contributed by atoms with E-state index in [4.69, 9.17) is 4.74 Å². The van der Waals surface area contributed by atoms with Crippen LogP contribution in [0.15, 0.2) is 91.0 Å². The van der Waals surface area contributed by atoms with Crippen LogP contribution in [-0.2, 0) is 24.0 Å². The Balaban J connectivity index is 1.49. The number of methoxy groups -OCH3 is 1. The molecule has 0 aliphatic rings. The molecule has 1 unspecified atom stereocenters. The molecule has 0 N–H and O–H groups in total. The fourth-order valence-corrected chi connectivity index (χ4v) is 5.51. The molecule has 3 aromatic carbocycles. The summed E-state index contributed by atoms with van der Waals surface area (Å²) in [5.74, 6) is 0. The van der Waals surface area contributed by atoms with Crippen LogP contribution in [0.1, 0.15) is 28.7 Å². The van der Waals surface area contributed by atoms with E-state index in [9.17, 15) is 0 Å². The first-order chi connectivity index (χ1) is 14.3. The monoisotopic (exact) mass is 446 g/mol. The molecule has 0 aliphatic heterocycles. The number of rotatable bonds is 11. The normalized spacial score (nSPS) is 11.6. The Kier molecular flexibility index (Phi) is 9.30. The summed E-state index contributed by atoms with van der Waals surface area (Å²) in [5, 5.41) is 1.31. The van der Waals surface area contributed by atoms with E-state index in [1.165, 1.54) is 33.9 Å². The summed E-state index contributed by atoms with van der Waals surface area (Å²) in [5.41, 5.74) is 5.61. The molecule has 0 aliphatic carbocycles. The van der Waals surface area contributed by atoms with Gasteiger partial charge in [-0.3, -0.25) is 0 Å². The van der Waals surface area contributed by atoms with Crippen molar-refractivity contribution in [2.45, 2.75) is 30.9 Å². The van der Waals surface area contributed by atoms with Gasteiger partial charge in [-0.05, 0) is 0 Å². The van der Waals surface area contributed by atoms with Crippen LogP contribution in [0.5, 0.6) is 0 Å². The van der Waals surface area contributed by atoms with Gasteiger partial charge in [0, 0.05) is 0 Å². The van der Waals surface area contributed by atoms with Crippen molar-refractivity contribution < 1.29 is 4.74 Å². The second kappa shape index (κ2) is 12.5. The molecule has 0 saturated carbocycles. The molecule has 0 aromatic heterocycles. The van der Waals surface area contributed by atoms with Crippen molar-refractivity contribution in [1.82, 2.24) is 0 Å². The molecule has 1 atom stereocenters. The predicted molar refractivity (Wildman–Crippen MR) is 127 cm³/mol. The number of hydrogen-bond acceptors (Lipinski definition) is 1. The van der Waals surface area contributed by atoms with Gasteiger partial charge in [-0.15, -0.1) is 0 Å². The third-order valence-electron chi connectivity index (χ3n) is 5.02. The van der Waals surface area contributed by atoms with Crippen molar-refractivity contribution in [3.63, 3.8) is 0 Å². The van der Waals surface area contributed by atoms with E-state index < -0.39 is 0 Å². The predicted octanol–water partition coefficient (Wildman–Crippen LogP) is 5.14. The Hall–Kier alpha value is -2.08. The fourth-order valence-electron chi connectivity index (χ4n) is 3.38. The van der Waals surface area contributed by atoms with Gasteiger partial charge < -0.3 is 0 Å². The van der Waals surface area contributed by atoms with Crippen LogP contribution in [0.2, 0.25) is 5.21 Å². The van der Waals surface area contributed by atoms with Crippen LogP contribution < -0.4 is 4.35 Å². The minimum absolute atomic E-state index is 0.00690. The van der Waals surface area contributed by atoms with Crippen molar-refractivity contribution in [2.75, 3.05) is 13.7 Å². The van der Waals surface area contributed by atoms with E-state index in [0.717, 1.165) is 25.9 Å². The molecular weight excluding hydrogens is 415 g/mol. The van der Waals surface area contributed by atoms with Gasteiger partial charge >= 0.3 is 152 Å². The van der Waals surface area contributed by atoms with E-state index in [0.29, 0.717) is 0 Å². The second-order valence-electron chi connectivity index (χ2n) is 7.28. The fraction of sp³-hybridized carbons (Fsp3) is 0.259. The maximum atomic E-state index is 5.14. The van der Waals surface area contributed by atoms with Gasteiger partial charge in [0.2, 0.25) is 0 Å². The standard InChI is InChI=1S/C27H31AsO/c1-29-21-9-20-28-27-18-16-23(17-19-27)10-5-6-13-25-14-7-8-15-26(25)22-24-11-3-2-4-12-24/h2-8,11-12,14-19,28H,9-10,13,20-22H2,1H3. The zero-order chi connectivity index (χ0) is 20.2. The van der Waals surface area contributed by atoms with E-state index in [-0.39, 0.29) is 15.8 Å². The van der Waals surface area contributed by atoms with Gasteiger partial charge in [0.1, 0.15) is 0 Å². The van der Waals surface area contributed by atoms with Crippen LogP contribution in [0.3, 0.4) is 0 Å². The van der Waals surface area contributed by atoms with Crippen LogP contribution in [-0.4, -0.2) is 29.5 Å². The van der Waals surface area contributed by atoms with Crippen molar-refractivity contribution in [2.24, 2.45) is 0 Å². The zero-order valence-electron chi connectivity index (χ0n) is 17.3. The second-order valence-corrected chi connectivity index (χ2v) is 10.3. The Bertz CT molecular complexity index is 869. The summed E-state index contributed by atoms with van der Waals surface area (Å²) in [6.07, 6.45) is 8.81. The Morgan fingerprint density at radius 1 is 0.724 bits per heavy atom. The summed E-state index contributed by atoms with van der Waals surface area (Å²) in [4.78, 5) is 0. The minimum atomic E-state index is -0.00690. The molecule has 0 spiro atoms. The number of allylic oxidation sites excluding steroid dienone is 2. The molecule has 2 heteroatoms. The number of hydrogen-bond donors (Lipinski definition) is 0. The molecule has 3 rings (SSSR count). The maximum absolute atomic E-state index is 5.14. The molecule has 0 bridgehead atoms. The topological polar surface area (TPSA) is 9.23 Å². The molecule has 150 valence electrons. The van der Waals surface area contributed by atoms with Crippen molar-refractivity contribution in [3.05, 3.63) is 113 Å². The van der Waals surface area contributed by atoms with Gasteiger partial charge in [-0.2, -0.15) is 0 Å². The Labute approximate surface area is 182 Å². The summed E-state index contributed by atoms with van der Waals surface area (Å²) >= 11 is -0.00690. The van der Waals surface area contributed by atoms with Crippen molar-refractivity contribution >= 4 is 20.1 Å². The van der Waals surface area contributed by atoms with Gasteiger partial charge in [-0.25, -0.2) is 0 Å². The van der Waals surface area contributed by atoms with E-state index in [2.05, 4.69) is 91.0 Å². The number of benzene rings is 3. The molecule has 0 saturated heterocycles. The average Bonchev–Trinajstić information content (AvgIpc) is 2.77. The van der Waals surface area contributed by atoms with Gasteiger partial charge in [-0.1, -0.05) is 30.3 Å². The summed E-state index contributed by atoms with van der Waals surface area (Å²) in [6.45, 7) is 0.890. The average molecular weight is 446 g/mol. The van der Waals surface area contributed by atoms with E-state index in [1.807, 2.05) is 0 Å². The Morgan fingerprint density at radius 3 is 2.17 bits per heavy atom. The van der Waals surface area contributed by atoms with Crippen LogP contribution >= 0.6 is 0 Å². The Morgan fingerprint density at radius 2 is 1.41 bits per heavy atom. The molecule has 0 heterocycles. The van der Waals surface area contributed by atoms with Gasteiger partial charge in [0.15, 0.2) is 0 Å². The molecule has 0 fully saturated rings. The first kappa shape index (κ1) is 21.6. The SMILES string of the molecule is COCCC[AsH]c1ccc(CC=CCc2ccccc2Cc2ccccc2)cc1. The zero-order valence-corrected chi connectivity index (χ0v) is 19.4. The summed E-state index contributed by atoms with van der Waals surface area (Å²) in [7, 11) is 1.78. The van der Waals surface area contributed by atoms with Gasteiger partial charge in [0.05, 0.1) is 0 Å².